The predicted octanol–water partition coefficient (Wildman–Crippen LogP) is 1.83. The van der Waals surface area contributed by atoms with Crippen LogP contribution in [0.5, 0.6) is 0 Å². The number of carbonyl (C=O) groups excluding carboxylic acids is 2. The van der Waals surface area contributed by atoms with Gasteiger partial charge in [0.05, 0.1) is 18.3 Å². The van der Waals surface area contributed by atoms with Gasteiger partial charge in [-0.25, -0.2) is 0 Å². The molecule has 2 amide bonds. The molecule has 3 aromatic heterocycles. The molecule has 3 aromatic rings. The van der Waals surface area contributed by atoms with Crippen LogP contribution in [0.1, 0.15) is 38.2 Å². The lowest BCUT2D eigenvalue weighted by molar-refractivity contribution is 0.0643. The number of furan rings is 1. The normalized spacial score (nSPS) is 16.3. The Bertz CT molecular complexity index is 1030. The van der Waals surface area contributed by atoms with Crippen LogP contribution in [0.3, 0.4) is 0 Å². The van der Waals surface area contributed by atoms with Crippen molar-refractivity contribution in [2.75, 3.05) is 13.6 Å². The number of likely N-dealkylation sites (N-methyl/N-ethyl adjacent to an activating group) is 1. The monoisotopic (exact) mass is 381 g/mol. The van der Waals surface area contributed by atoms with E-state index in [4.69, 9.17) is 4.42 Å². The highest BCUT2D eigenvalue weighted by atomic mass is 16.4. The van der Waals surface area contributed by atoms with Gasteiger partial charge in [-0.3, -0.25) is 14.3 Å². The van der Waals surface area contributed by atoms with Crippen LogP contribution in [0.15, 0.2) is 40.9 Å². The summed E-state index contributed by atoms with van der Waals surface area (Å²) in [5.41, 5.74) is 2.65. The topological polar surface area (TPSA) is 85.3 Å². The Morgan fingerprint density at radius 1 is 1.32 bits per heavy atom. The molecule has 0 saturated carbocycles. The summed E-state index contributed by atoms with van der Waals surface area (Å²) < 4.78 is 9.44. The fourth-order valence-corrected chi connectivity index (χ4v) is 3.53. The van der Waals surface area contributed by atoms with E-state index in [1.54, 1.807) is 30.1 Å². The van der Waals surface area contributed by atoms with Gasteiger partial charge in [0.1, 0.15) is 11.5 Å². The molecule has 4 heterocycles. The molecule has 28 heavy (non-hydrogen) atoms. The average Bonchev–Trinajstić information content (AvgIpc) is 3.38. The lowest BCUT2D eigenvalue weighted by Gasteiger charge is -2.33. The van der Waals surface area contributed by atoms with Gasteiger partial charge in [0.15, 0.2) is 5.76 Å². The van der Waals surface area contributed by atoms with Gasteiger partial charge in [0.25, 0.3) is 11.8 Å². The minimum absolute atomic E-state index is 0.0410. The number of hydrogen-bond acceptors (Lipinski definition) is 4. The zero-order valence-corrected chi connectivity index (χ0v) is 16.2. The zero-order valence-electron chi connectivity index (χ0n) is 16.2. The van der Waals surface area contributed by atoms with E-state index in [9.17, 15) is 9.59 Å². The van der Waals surface area contributed by atoms with Crippen molar-refractivity contribution in [3.05, 3.63) is 65.1 Å². The molecule has 8 heteroatoms. The van der Waals surface area contributed by atoms with Crippen LogP contribution in [0.2, 0.25) is 0 Å². The summed E-state index contributed by atoms with van der Waals surface area (Å²) in [6.45, 7) is 5.39. The van der Waals surface area contributed by atoms with Gasteiger partial charge in [0.2, 0.25) is 0 Å². The Hall–Kier alpha value is -3.29. The molecule has 146 valence electrons. The minimum Gasteiger partial charge on any atom is -0.454 e. The highest BCUT2D eigenvalue weighted by molar-refractivity contribution is 5.94. The fraction of sp³-hybridized carbons (Fsp3) is 0.350. The van der Waals surface area contributed by atoms with E-state index in [0.29, 0.717) is 31.1 Å². The van der Waals surface area contributed by atoms with E-state index in [1.165, 1.54) is 0 Å². The highest BCUT2D eigenvalue weighted by Crippen LogP contribution is 2.17. The van der Waals surface area contributed by atoms with Crippen molar-refractivity contribution in [1.82, 2.24) is 24.6 Å². The van der Waals surface area contributed by atoms with Crippen molar-refractivity contribution < 1.29 is 14.0 Å². The Kier molecular flexibility index (Phi) is 4.54. The Morgan fingerprint density at radius 3 is 2.89 bits per heavy atom. The van der Waals surface area contributed by atoms with Gasteiger partial charge in [-0.2, -0.15) is 5.10 Å². The van der Waals surface area contributed by atoms with Gasteiger partial charge < -0.3 is 19.2 Å². The zero-order chi connectivity index (χ0) is 19.8. The molecule has 1 aliphatic heterocycles. The summed E-state index contributed by atoms with van der Waals surface area (Å²) >= 11 is 0. The fourth-order valence-electron chi connectivity index (χ4n) is 3.53. The molecule has 0 aromatic carbocycles. The number of aryl methyl sites for hydroxylation is 2. The van der Waals surface area contributed by atoms with E-state index >= 15 is 0 Å². The van der Waals surface area contributed by atoms with Crippen LogP contribution >= 0.6 is 0 Å². The van der Waals surface area contributed by atoms with E-state index in [1.807, 2.05) is 41.4 Å². The maximum Gasteiger partial charge on any atom is 0.287 e. The SMILES string of the molecule is Cc1cc(C)n(Cc2ccc(C(=O)NCC3Cn4cccc4C(=O)N3C)o2)n1. The first-order chi connectivity index (χ1) is 13.4. The molecule has 0 aliphatic carbocycles. The number of fused-ring (bicyclic) bond motifs is 1. The van der Waals surface area contributed by atoms with E-state index < -0.39 is 0 Å². The molecule has 0 radical (unpaired) electrons. The lowest BCUT2D eigenvalue weighted by Crippen LogP contribution is -2.50. The molecule has 1 unspecified atom stereocenters. The Labute approximate surface area is 162 Å². The molecular weight excluding hydrogens is 358 g/mol. The van der Waals surface area contributed by atoms with Crippen LogP contribution in [0.25, 0.3) is 0 Å². The van der Waals surface area contributed by atoms with Crippen LogP contribution in [-0.4, -0.2) is 50.7 Å². The first-order valence-corrected chi connectivity index (χ1v) is 9.22. The number of aromatic nitrogens is 3. The molecule has 1 atom stereocenters. The van der Waals surface area contributed by atoms with E-state index in [-0.39, 0.29) is 23.6 Å². The van der Waals surface area contributed by atoms with Crippen molar-refractivity contribution in [1.29, 1.82) is 0 Å². The minimum atomic E-state index is -0.293. The molecule has 0 spiro atoms. The quantitative estimate of drug-likeness (QED) is 0.731. The van der Waals surface area contributed by atoms with Gasteiger partial charge >= 0.3 is 0 Å². The standard InChI is InChI=1S/C20H23N5O3/c1-13-9-14(2)25(22-13)12-16-6-7-18(28-16)19(26)21-10-15-11-24-8-4-5-17(24)20(27)23(15)3/h4-9,15H,10-12H2,1-3H3,(H,21,26). The number of nitrogens with zero attached hydrogens (tertiary/aromatic N) is 4. The summed E-state index contributed by atoms with van der Waals surface area (Å²) in [6, 6.07) is 9.00. The maximum absolute atomic E-state index is 12.5. The van der Waals surface area contributed by atoms with Crippen LogP contribution in [0, 0.1) is 13.8 Å². The summed E-state index contributed by atoms with van der Waals surface area (Å²) in [6.07, 6.45) is 1.88. The van der Waals surface area contributed by atoms with Gasteiger partial charge in [0, 0.05) is 32.0 Å². The molecule has 0 bridgehead atoms. The molecule has 8 nitrogen and oxygen atoms in total. The molecular formula is C20H23N5O3. The summed E-state index contributed by atoms with van der Waals surface area (Å²) in [4.78, 5) is 26.5. The maximum atomic E-state index is 12.5. The predicted molar refractivity (Wildman–Crippen MR) is 102 cm³/mol. The molecule has 1 aliphatic rings. The Balaban J connectivity index is 1.38. The smallest absolute Gasteiger partial charge is 0.287 e. The third-order valence-corrected chi connectivity index (χ3v) is 5.12. The number of carbonyl (C=O) groups is 2. The van der Waals surface area contributed by atoms with Crippen molar-refractivity contribution in [3.8, 4) is 0 Å². The van der Waals surface area contributed by atoms with Crippen molar-refractivity contribution in [2.45, 2.75) is 33.0 Å². The first kappa shape index (κ1) is 18.1. The molecule has 0 saturated heterocycles. The number of nitrogens with one attached hydrogen (secondary N) is 1. The summed E-state index contributed by atoms with van der Waals surface area (Å²) in [5.74, 6) is 0.584. The van der Waals surface area contributed by atoms with Gasteiger partial charge in [-0.15, -0.1) is 0 Å². The second-order valence-electron chi connectivity index (χ2n) is 7.18. The second kappa shape index (κ2) is 7.03. The first-order valence-electron chi connectivity index (χ1n) is 9.22. The van der Waals surface area contributed by atoms with Crippen LogP contribution in [0.4, 0.5) is 0 Å². The molecule has 1 N–H and O–H groups in total. The largest absolute Gasteiger partial charge is 0.454 e. The third kappa shape index (κ3) is 3.33. The second-order valence-corrected chi connectivity index (χ2v) is 7.18. The van der Waals surface area contributed by atoms with Crippen molar-refractivity contribution >= 4 is 11.8 Å². The third-order valence-electron chi connectivity index (χ3n) is 5.12. The molecule has 0 fully saturated rings. The number of rotatable bonds is 5. The average molecular weight is 381 g/mol. The number of amides is 2. The molecule has 4 rings (SSSR count). The Morgan fingerprint density at radius 2 is 2.14 bits per heavy atom. The van der Waals surface area contributed by atoms with Crippen LogP contribution < -0.4 is 5.32 Å². The number of hydrogen-bond donors (Lipinski definition) is 1. The van der Waals surface area contributed by atoms with E-state index in [2.05, 4.69) is 10.4 Å². The van der Waals surface area contributed by atoms with Gasteiger partial charge in [-0.1, -0.05) is 0 Å². The summed E-state index contributed by atoms with van der Waals surface area (Å²) in [5, 5.41) is 7.28. The van der Waals surface area contributed by atoms with Crippen molar-refractivity contribution in [3.63, 3.8) is 0 Å². The van der Waals surface area contributed by atoms with Gasteiger partial charge in [-0.05, 0) is 44.2 Å². The summed E-state index contributed by atoms with van der Waals surface area (Å²) in [7, 11) is 1.76. The van der Waals surface area contributed by atoms with E-state index in [0.717, 1.165) is 11.4 Å². The van der Waals surface area contributed by atoms with Crippen LogP contribution in [-0.2, 0) is 13.1 Å². The highest BCUT2D eigenvalue weighted by Gasteiger charge is 2.29. The van der Waals surface area contributed by atoms with Crippen molar-refractivity contribution in [2.24, 2.45) is 0 Å². The lowest BCUT2D eigenvalue weighted by atomic mass is 10.1.